The van der Waals surface area contributed by atoms with Crippen molar-refractivity contribution in [1.29, 1.82) is 0 Å². The van der Waals surface area contributed by atoms with Crippen LogP contribution in [0.15, 0.2) is 51.7 Å². The first-order valence-corrected chi connectivity index (χ1v) is 16.3. The zero-order valence-corrected chi connectivity index (χ0v) is 29.0. The summed E-state index contributed by atoms with van der Waals surface area (Å²) < 4.78 is 59.6. The van der Waals surface area contributed by atoms with Gasteiger partial charge in [-0.1, -0.05) is 44.9 Å². The largest absolute Gasteiger partial charge is 0.492 e. The first kappa shape index (κ1) is 38.1. The number of rotatable bonds is 15. The highest BCUT2D eigenvalue weighted by Crippen LogP contribution is 2.42. The molecule has 2 aromatic carbocycles. The molecule has 260 valence electrons. The predicted octanol–water partition coefficient (Wildman–Crippen LogP) is 8.12. The van der Waals surface area contributed by atoms with Gasteiger partial charge in [0.2, 0.25) is 0 Å². The normalized spacial score (nSPS) is 15.3. The maximum absolute atomic E-state index is 14.4. The van der Waals surface area contributed by atoms with Crippen LogP contribution in [0.2, 0.25) is 0 Å². The Bertz CT molecular complexity index is 1600. The number of ether oxygens (including phenoxy) is 2. The maximum Gasteiger partial charge on any atom is 0.400 e. The van der Waals surface area contributed by atoms with Gasteiger partial charge in [0, 0.05) is 22.5 Å². The molecule has 1 aromatic heterocycles. The molecule has 1 heterocycles. The van der Waals surface area contributed by atoms with Crippen LogP contribution in [0, 0.1) is 10.8 Å². The molecular weight excluding hydrogens is 609 g/mol. The van der Waals surface area contributed by atoms with Crippen LogP contribution in [-0.4, -0.2) is 36.4 Å². The van der Waals surface area contributed by atoms with Gasteiger partial charge in [-0.15, -0.1) is 0 Å². The molecule has 4 N–H and O–H groups in total. The highest BCUT2D eigenvalue weighted by Gasteiger charge is 2.55. The lowest BCUT2D eigenvalue weighted by molar-refractivity contribution is -0.242. The second-order valence-corrected chi connectivity index (χ2v) is 14.6. The molecule has 10 heteroatoms. The summed E-state index contributed by atoms with van der Waals surface area (Å²) in [5.41, 5.74) is 9.67. The van der Waals surface area contributed by atoms with Gasteiger partial charge >= 0.3 is 17.8 Å². The Morgan fingerprint density at radius 3 is 2.13 bits per heavy atom. The number of halogens is 3. The van der Waals surface area contributed by atoms with Crippen molar-refractivity contribution in [2.75, 3.05) is 13.2 Å². The average molecular weight is 661 g/mol. The topological polar surface area (TPSA) is 118 Å². The van der Waals surface area contributed by atoms with Gasteiger partial charge < -0.3 is 25.4 Å². The van der Waals surface area contributed by atoms with E-state index in [0.29, 0.717) is 10.9 Å². The Hall–Kier alpha value is -3.37. The minimum atomic E-state index is -4.78. The van der Waals surface area contributed by atoms with E-state index in [1.54, 1.807) is 46.8 Å². The van der Waals surface area contributed by atoms with Crippen molar-refractivity contribution in [3.8, 4) is 16.9 Å². The van der Waals surface area contributed by atoms with Crippen LogP contribution in [0.3, 0.4) is 0 Å². The van der Waals surface area contributed by atoms with Crippen LogP contribution in [0.25, 0.3) is 22.1 Å². The van der Waals surface area contributed by atoms with E-state index in [2.05, 4.69) is 13.0 Å². The van der Waals surface area contributed by atoms with E-state index in [4.69, 9.17) is 25.4 Å². The van der Waals surface area contributed by atoms with Crippen LogP contribution in [-0.2, 0) is 22.4 Å². The molecule has 0 radical (unpaired) electrons. The molecule has 0 spiro atoms. The van der Waals surface area contributed by atoms with E-state index in [0.717, 1.165) is 50.2 Å². The summed E-state index contributed by atoms with van der Waals surface area (Å²) in [6, 6.07) is 12.4. The average Bonchev–Trinajstić information content (AvgIpc) is 2.96. The van der Waals surface area contributed by atoms with Crippen molar-refractivity contribution < 1.29 is 31.9 Å². The van der Waals surface area contributed by atoms with E-state index in [1.807, 2.05) is 19.1 Å². The van der Waals surface area contributed by atoms with Gasteiger partial charge in [-0.05, 0) is 102 Å². The summed E-state index contributed by atoms with van der Waals surface area (Å²) in [6.45, 7) is 11.5. The molecule has 0 saturated carbocycles. The molecular formula is C37H51F3N2O5. The third kappa shape index (κ3) is 9.16. The van der Waals surface area contributed by atoms with E-state index in [9.17, 15) is 22.8 Å². The number of unbranched alkanes of at least 4 members (excludes halogenated alkanes) is 2. The molecule has 0 saturated heterocycles. The fourth-order valence-electron chi connectivity index (χ4n) is 5.61. The van der Waals surface area contributed by atoms with Crippen molar-refractivity contribution in [3.05, 3.63) is 64.0 Å². The smallest absolute Gasteiger partial charge is 0.400 e. The van der Waals surface area contributed by atoms with Crippen LogP contribution in [0.1, 0.15) is 92.2 Å². The summed E-state index contributed by atoms with van der Waals surface area (Å²) >= 11 is 0. The van der Waals surface area contributed by atoms with Crippen molar-refractivity contribution >= 4 is 16.9 Å². The van der Waals surface area contributed by atoms with Crippen molar-refractivity contribution in [1.82, 2.24) is 0 Å². The van der Waals surface area contributed by atoms with Crippen LogP contribution in [0.5, 0.6) is 5.75 Å². The summed E-state index contributed by atoms with van der Waals surface area (Å²) in [4.78, 5) is 26.4. The monoisotopic (exact) mass is 660 g/mol. The van der Waals surface area contributed by atoms with Gasteiger partial charge in [0.1, 0.15) is 30.0 Å². The Morgan fingerprint density at radius 2 is 1.55 bits per heavy atom. The summed E-state index contributed by atoms with van der Waals surface area (Å²) in [5, 5.41) is 0.597. The molecule has 7 nitrogen and oxygen atoms in total. The van der Waals surface area contributed by atoms with Crippen molar-refractivity contribution in [2.24, 2.45) is 22.3 Å². The first-order chi connectivity index (χ1) is 21.6. The molecule has 0 fully saturated rings. The van der Waals surface area contributed by atoms with E-state index < -0.39 is 52.9 Å². The number of nitrogens with two attached hydrogens (primary N) is 2. The molecule has 3 rings (SSSR count). The summed E-state index contributed by atoms with van der Waals surface area (Å²) in [5.74, 6) is -0.807. The third-order valence-corrected chi connectivity index (χ3v) is 9.06. The second kappa shape index (κ2) is 14.4. The van der Waals surface area contributed by atoms with Gasteiger partial charge in [0.15, 0.2) is 0 Å². The zero-order chi connectivity index (χ0) is 35.4. The number of hydrogen-bond donors (Lipinski definition) is 2. The Kier molecular flexibility index (Phi) is 11.7. The Balaban J connectivity index is 1.83. The van der Waals surface area contributed by atoms with Gasteiger partial charge in [-0.25, -0.2) is 4.79 Å². The quantitative estimate of drug-likeness (QED) is 0.0961. The minimum Gasteiger partial charge on any atom is -0.492 e. The summed E-state index contributed by atoms with van der Waals surface area (Å²) in [7, 11) is 0. The van der Waals surface area contributed by atoms with Crippen LogP contribution in [0.4, 0.5) is 13.2 Å². The molecule has 0 bridgehead atoms. The second-order valence-electron chi connectivity index (χ2n) is 14.6. The number of esters is 1. The SMILES string of the molecule is CCCCCc1ccc(-c2cc3ccc(OCC(C)(COC(=O)C(C)(CC(C)(C)N)C(C)(C)N)C(F)(F)F)cc3oc2=O)c(CC)c1. The molecule has 2 unspecified atom stereocenters. The van der Waals surface area contributed by atoms with Crippen molar-refractivity contribution in [2.45, 2.75) is 111 Å². The number of fused-ring (bicyclic) bond motifs is 1. The molecule has 0 aliphatic heterocycles. The number of aryl methyl sites for hydroxylation is 2. The van der Waals surface area contributed by atoms with Crippen LogP contribution < -0.4 is 21.8 Å². The minimum absolute atomic E-state index is 0.0682. The number of benzene rings is 2. The van der Waals surface area contributed by atoms with E-state index in [-0.39, 0.29) is 17.8 Å². The van der Waals surface area contributed by atoms with Gasteiger partial charge in [0.05, 0.1) is 11.0 Å². The highest BCUT2D eigenvalue weighted by atomic mass is 19.4. The molecule has 2 atom stereocenters. The fourth-order valence-corrected chi connectivity index (χ4v) is 5.61. The van der Waals surface area contributed by atoms with Gasteiger partial charge in [-0.2, -0.15) is 13.2 Å². The number of alkyl halides is 3. The predicted molar refractivity (Wildman–Crippen MR) is 180 cm³/mol. The first-order valence-electron chi connectivity index (χ1n) is 16.3. The van der Waals surface area contributed by atoms with Crippen LogP contribution >= 0.6 is 0 Å². The molecule has 3 aromatic rings. The lowest BCUT2D eigenvalue weighted by atomic mass is 9.67. The van der Waals surface area contributed by atoms with Gasteiger partial charge in [-0.3, -0.25) is 4.79 Å². The number of hydrogen-bond acceptors (Lipinski definition) is 7. The lowest BCUT2D eigenvalue weighted by Gasteiger charge is -2.43. The van der Waals surface area contributed by atoms with E-state index in [1.165, 1.54) is 17.7 Å². The number of carbonyl (C=O) groups is 1. The Labute approximate surface area is 276 Å². The zero-order valence-electron chi connectivity index (χ0n) is 29.0. The van der Waals surface area contributed by atoms with E-state index >= 15 is 0 Å². The van der Waals surface area contributed by atoms with Crippen molar-refractivity contribution in [3.63, 3.8) is 0 Å². The third-order valence-electron chi connectivity index (χ3n) is 9.06. The standard InChI is InChI=1S/C37H51F3N2O5/c1-9-11-12-13-24-14-17-28(25(10-2)18-24)29-19-26-15-16-27(20-30(26)47-31(29)43)45-22-35(7,37(38,39)40)23-46-32(44)36(8,34(5,6)42)21-33(3,4)41/h14-20H,9-13,21-23,41-42H2,1-8H3. The maximum atomic E-state index is 14.4. The van der Waals surface area contributed by atoms with Gasteiger partial charge in [0.25, 0.3) is 0 Å². The fraction of sp³-hybridized carbons (Fsp3) is 0.568. The Morgan fingerprint density at radius 1 is 0.872 bits per heavy atom. The lowest BCUT2D eigenvalue weighted by Crippen LogP contribution is -2.58. The molecule has 47 heavy (non-hydrogen) atoms. The number of carbonyl (C=O) groups excluding carboxylic acids is 1. The highest BCUT2D eigenvalue weighted by molar-refractivity contribution is 5.83. The summed E-state index contributed by atoms with van der Waals surface area (Å²) in [6.07, 6.45) is 0.432. The molecule has 0 aliphatic carbocycles. The molecule has 0 amide bonds. The molecule has 0 aliphatic rings.